The van der Waals surface area contributed by atoms with Crippen LogP contribution in [-0.2, 0) is 17.9 Å². The molecule has 0 spiro atoms. The number of aromatic nitrogens is 1. The van der Waals surface area contributed by atoms with Crippen LogP contribution in [0.25, 0.3) is 0 Å². The van der Waals surface area contributed by atoms with Gasteiger partial charge in [0, 0.05) is 22.2 Å². The smallest absolute Gasteiger partial charge is 0.234 e. The first-order valence-electron chi connectivity index (χ1n) is 6.83. The van der Waals surface area contributed by atoms with Crippen molar-refractivity contribution in [2.75, 3.05) is 5.75 Å². The molecule has 0 aliphatic carbocycles. The number of hydrogen-bond acceptors (Lipinski definition) is 6. The van der Waals surface area contributed by atoms with Crippen LogP contribution in [0.5, 0.6) is 5.75 Å². The molecule has 2 N–H and O–H groups in total. The van der Waals surface area contributed by atoms with Gasteiger partial charge in [-0.3, -0.25) is 9.78 Å². The van der Waals surface area contributed by atoms with Crippen molar-refractivity contribution in [1.82, 2.24) is 9.88 Å². The number of pyridine rings is 1. The summed E-state index contributed by atoms with van der Waals surface area (Å²) in [5, 5.41) is 21.7. The van der Waals surface area contributed by atoms with E-state index in [1.165, 1.54) is 0 Å². The summed E-state index contributed by atoms with van der Waals surface area (Å²) >= 11 is 3.20. The maximum Gasteiger partial charge on any atom is 0.234 e. The first-order chi connectivity index (χ1) is 10.6. The lowest BCUT2D eigenvalue weighted by atomic mass is 10.1. The van der Waals surface area contributed by atoms with Crippen molar-refractivity contribution in [3.05, 3.63) is 45.4 Å². The highest BCUT2D eigenvalue weighted by atomic mass is 32.2. The van der Waals surface area contributed by atoms with Crippen LogP contribution >= 0.6 is 23.1 Å². The largest absolute Gasteiger partial charge is 0.506 e. The Balaban J connectivity index is 1.94. The molecule has 0 aromatic carbocycles. The molecule has 2 aromatic heterocycles. The molecule has 116 valence electrons. The fourth-order valence-electron chi connectivity index (χ4n) is 2.46. The van der Waals surface area contributed by atoms with Crippen molar-refractivity contribution in [1.29, 1.82) is 0 Å². The second kappa shape index (κ2) is 6.28. The summed E-state index contributed by atoms with van der Waals surface area (Å²) in [6, 6.07) is 3.98. The number of thioether (sulfide) groups is 1. The summed E-state index contributed by atoms with van der Waals surface area (Å²) in [6.07, 6.45) is 1.55. The highest BCUT2D eigenvalue weighted by molar-refractivity contribution is 8.00. The van der Waals surface area contributed by atoms with E-state index in [4.69, 9.17) is 0 Å². The van der Waals surface area contributed by atoms with Gasteiger partial charge in [0.05, 0.1) is 24.6 Å². The van der Waals surface area contributed by atoms with Crippen molar-refractivity contribution < 1.29 is 15.0 Å². The topological polar surface area (TPSA) is 73.7 Å². The molecule has 1 unspecified atom stereocenters. The molecule has 1 amide bonds. The number of thiophene rings is 1. The number of rotatable bonds is 4. The first kappa shape index (κ1) is 15.3. The zero-order valence-corrected chi connectivity index (χ0v) is 13.7. The molecule has 0 bridgehead atoms. The number of aliphatic hydroxyl groups excluding tert-OH is 1. The molecule has 22 heavy (non-hydrogen) atoms. The third-order valence-corrected chi connectivity index (χ3v) is 6.00. The van der Waals surface area contributed by atoms with Gasteiger partial charge in [-0.1, -0.05) is 6.07 Å². The number of carbonyl (C=O) groups excluding carboxylic acids is 1. The van der Waals surface area contributed by atoms with Crippen molar-refractivity contribution in [3.63, 3.8) is 0 Å². The molecular formula is C15H16N2O3S2. The van der Waals surface area contributed by atoms with Crippen LogP contribution in [0.3, 0.4) is 0 Å². The maximum absolute atomic E-state index is 12.2. The number of hydrogen-bond donors (Lipinski definition) is 2. The van der Waals surface area contributed by atoms with Gasteiger partial charge in [0.1, 0.15) is 11.1 Å². The summed E-state index contributed by atoms with van der Waals surface area (Å²) in [5.74, 6) is 0.532. The number of aromatic hydroxyl groups is 1. The quantitative estimate of drug-likeness (QED) is 0.897. The minimum Gasteiger partial charge on any atom is -0.506 e. The Bertz CT molecular complexity index is 688. The van der Waals surface area contributed by atoms with Crippen LogP contribution < -0.4 is 0 Å². The molecule has 1 saturated heterocycles. The second-order valence-corrected chi connectivity index (χ2v) is 7.10. The van der Waals surface area contributed by atoms with E-state index < -0.39 is 0 Å². The van der Waals surface area contributed by atoms with E-state index >= 15 is 0 Å². The molecular weight excluding hydrogens is 320 g/mol. The fourth-order valence-corrected chi connectivity index (χ4v) is 4.63. The summed E-state index contributed by atoms with van der Waals surface area (Å²) < 4.78 is 0. The van der Waals surface area contributed by atoms with E-state index in [9.17, 15) is 15.0 Å². The van der Waals surface area contributed by atoms with Gasteiger partial charge in [-0.05, 0) is 18.4 Å². The normalized spacial score (nSPS) is 18.2. The third kappa shape index (κ3) is 2.71. The van der Waals surface area contributed by atoms with Gasteiger partial charge in [0.25, 0.3) is 0 Å². The zero-order valence-electron chi connectivity index (χ0n) is 12.0. The number of carbonyl (C=O) groups is 1. The first-order valence-corrected chi connectivity index (χ1v) is 8.76. The minimum atomic E-state index is -0.213. The van der Waals surface area contributed by atoms with Crippen LogP contribution in [0.4, 0.5) is 0 Å². The minimum absolute atomic E-state index is 0.0353. The van der Waals surface area contributed by atoms with Gasteiger partial charge in [-0.2, -0.15) is 0 Å². The predicted molar refractivity (Wildman–Crippen MR) is 86.6 cm³/mol. The van der Waals surface area contributed by atoms with E-state index in [2.05, 4.69) is 4.98 Å². The van der Waals surface area contributed by atoms with Crippen molar-refractivity contribution >= 4 is 29.0 Å². The maximum atomic E-state index is 12.2. The van der Waals surface area contributed by atoms with Crippen LogP contribution in [0.15, 0.2) is 23.7 Å². The van der Waals surface area contributed by atoms with Gasteiger partial charge in [0.15, 0.2) is 0 Å². The number of amides is 1. The van der Waals surface area contributed by atoms with E-state index in [1.54, 1.807) is 41.1 Å². The predicted octanol–water partition coefficient (Wildman–Crippen LogP) is 2.42. The third-order valence-electron chi connectivity index (χ3n) is 3.68. The van der Waals surface area contributed by atoms with Crippen molar-refractivity contribution in [2.45, 2.75) is 25.4 Å². The lowest BCUT2D eigenvalue weighted by Crippen LogP contribution is -2.28. The lowest BCUT2D eigenvalue weighted by molar-refractivity contribution is -0.128. The number of aryl methyl sites for hydroxylation is 1. The average molecular weight is 336 g/mol. The Morgan fingerprint density at radius 1 is 1.50 bits per heavy atom. The fraction of sp³-hybridized carbons (Fsp3) is 0.333. The van der Waals surface area contributed by atoms with Gasteiger partial charge < -0.3 is 15.1 Å². The standard InChI is InChI=1S/C15H16N2O3S2/c1-9-14(20)11(10(7-18)5-16-9)6-17-13(19)8-22-15(17)12-3-2-4-21-12/h2-5,15,18,20H,6-8H2,1H3. The summed E-state index contributed by atoms with van der Waals surface area (Å²) in [5.41, 5.74) is 1.63. The van der Waals surface area contributed by atoms with E-state index in [1.807, 2.05) is 17.5 Å². The Kier molecular flexibility index (Phi) is 4.37. The molecule has 1 atom stereocenters. The van der Waals surface area contributed by atoms with Crippen molar-refractivity contribution in [2.24, 2.45) is 0 Å². The summed E-state index contributed by atoms with van der Waals surface area (Å²) in [6.45, 7) is 1.77. The Hall–Kier alpha value is -1.57. The molecule has 3 rings (SSSR count). The molecule has 7 heteroatoms. The number of nitrogens with zero attached hydrogens (tertiary/aromatic N) is 2. The monoisotopic (exact) mass is 336 g/mol. The van der Waals surface area contributed by atoms with Gasteiger partial charge in [0.2, 0.25) is 5.91 Å². The Morgan fingerprint density at radius 2 is 2.32 bits per heavy atom. The Morgan fingerprint density at radius 3 is 3.00 bits per heavy atom. The average Bonchev–Trinajstić information content (AvgIpc) is 3.15. The highest BCUT2D eigenvalue weighted by Crippen LogP contribution is 2.42. The molecule has 0 radical (unpaired) electrons. The molecule has 1 aliphatic heterocycles. The van der Waals surface area contributed by atoms with E-state index in [-0.39, 0.29) is 30.2 Å². The molecule has 3 heterocycles. The highest BCUT2D eigenvalue weighted by Gasteiger charge is 2.34. The molecule has 0 saturated carbocycles. The molecule has 2 aromatic rings. The van der Waals surface area contributed by atoms with Crippen molar-refractivity contribution in [3.8, 4) is 5.75 Å². The second-order valence-electron chi connectivity index (χ2n) is 5.05. The van der Waals surface area contributed by atoms with Crippen LogP contribution in [0, 0.1) is 6.92 Å². The van der Waals surface area contributed by atoms with Gasteiger partial charge in [-0.25, -0.2) is 0 Å². The molecule has 1 aliphatic rings. The Labute approximate surface area is 136 Å². The van der Waals surface area contributed by atoms with E-state index in [0.717, 1.165) is 4.88 Å². The summed E-state index contributed by atoms with van der Waals surface area (Å²) in [4.78, 5) is 19.2. The zero-order chi connectivity index (χ0) is 15.7. The van der Waals surface area contributed by atoms with E-state index in [0.29, 0.717) is 22.6 Å². The van der Waals surface area contributed by atoms with Gasteiger partial charge >= 0.3 is 0 Å². The van der Waals surface area contributed by atoms with Crippen LogP contribution in [-0.4, -0.2) is 31.8 Å². The van der Waals surface area contributed by atoms with Crippen LogP contribution in [0.2, 0.25) is 0 Å². The number of aliphatic hydroxyl groups is 1. The molecule has 5 nitrogen and oxygen atoms in total. The molecule has 1 fully saturated rings. The van der Waals surface area contributed by atoms with Gasteiger partial charge in [-0.15, -0.1) is 23.1 Å². The lowest BCUT2D eigenvalue weighted by Gasteiger charge is -2.24. The van der Waals surface area contributed by atoms with Crippen LogP contribution in [0.1, 0.15) is 27.1 Å². The summed E-state index contributed by atoms with van der Waals surface area (Å²) in [7, 11) is 0. The SMILES string of the molecule is Cc1ncc(CO)c(CN2C(=O)CSC2c2cccs2)c1O.